The number of aliphatic hydroxyl groups is 4. The maximum absolute atomic E-state index is 13.3. The molecule has 44 heavy (non-hydrogen) atoms. The molecule has 0 aromatic heterocycles. The van der Waals surface area contributed by atoms with Gasteiger partial charge in [-0.1, -0.05) is 66.2 Å². The van der Waals surface area contributed by atoms with E-state index in [-0.39, 0.29) is 45.8 Å². The molecule has 0 aromatic rings. The number of fused-ring (bicyclic) bond motifs is 5. The Bertz CT molecular complexity index is 1190. The molecule has 13 unspecified atom stereocenters. The molecule has 6 aliphatic rings. The molecule has 6 rings (SSSR count). The first-order valence-electron chi connectivity index (χ1n) is 17.2. The fourth-order valence-corrected chi connectivity index (χ4v) is 11.1. The molecule has 2 heterocycles. The van der Waals surface area contributed by atoms with Gasteiger partial charge in [-0.05, 0) is 84.9 Å². The highest BCUT2D eigenvalue weighted by Gasteiger charge is 2.67. The number of carbonyl (C=O) groups is 1. The Morgan fingerprint density at radius 3 is 2.25 bits per heavy atom. The first-order chi connectivity index (χ1) is 20.6. The number of carbonyl (C=O) groups excluding carboxylic acids is 1. The van der Waals surface area contributed by atoms with Gasteiger partial charge in [0, 0.05) is 17.4 Å². The molecule has 8 nitrogen and oxygen atoms in total. The Kier molecular flexibility index (Phi) is 8.28. The zero-order chi connectivity index (χ0) is 32.0. The summed E-state index contributed by atoms with van der Waals surface area (Å²) in [5.74, 6) is 1.53. The zero-order valence-corrected chi connectivity index (χ0v) is 27.8. The summed E-state index contributed by atoms with van der Waals surface area (Å²) < 4.78 is 18.1. The molecule has 3 saturated carbocycles. The summed E-state index contributed by atoms with van der Waals surface area (Å²) in [6, 6.07) is 0. The van der Waals surface area contributed by atoms with Gasteiger partial charge in [-0.15, -0.1) is 0 Å². The minimum atomic E-state index is -1.45. The average Bonchev–Trinajstić information content (AvgIpc) is 3.25. The lowest BCUT2D eigenvalue weighted by molar-refractivity contribution is -0.320. The molecule has 4 aliphatic carbocycles. The Morgan fingerprint density at radius 1 is 0.886 bits per heavy atom. The van der Waals surface area contributed by atoms with Crippen LogP contribution in [-0.2, 0) is 19.0 Å². The number of cyclic esters (lactones) is 1. The molecule has 8 heteroatoms. The second-order valence-electron chi connectivity index (χ2n) is 16.6. The van der Waals surface area contributed by atoms with E-state index in [4.69, 9.17) is 14.2 Å². The van der Waals surface area contributed by atoms with Gasteiger partial charge in [0.1, 0.15) is 30.5 Å². The predicted octanol–water partition coefficient (Wildman–Crippen LogP) is 4.67. The van der Waals surface area contributed by atoms with Crippen molar-refractivity contribution in [1.82, 2.24) is 0 Å². The molecule has 2 aliphatic heterocycles. The third-order valence-electron chi connectivity index (χ3n) is 14.1. The fraction of sp³-hybridized carbons (Fsp3) is 0.861. The minimum absolute atomic E-state index is 0.0115. The third kappa shape index (κ3) is 4.63. The van der Waals surface area contributed by atoms with E-state index in [2.05, 4.69) is 60.6 Å². The van der Waals surface area contributed by atoms with Gasteiger partial charge in [-0.3, -0.25) is 0 Å². The molecule has 248 valence electrons. The maximum atomic E-state index is 13.3. The number of esters is 1. The number of rotatable bonds is 5. The van der Waals surface area contributed by atoms with Crippen LogP contribution in [0.3, 0.4) is 0 Å². The van der Waals surface area contributed by atoms with Gasteiger partial charge in [0.25, 0.3) is 0 Å². The molecule has 0 spiro atoms. The van der Waals surface area contributed by atoms with E-state index in [1.54, 1.807) is 0 Å². The van der Waals surface area contributed by atoms with Gasteiger partial charge >= 0.3 is 5.97 Å². The second kappa shape index (κ2) is 11.2. The summed E-state index contributed by atoms with van der Waals surface area (Å²) >= 11 is 0. The molecule has 0 aromatic carbocycles. The lowest BCUT2D eigenvalue weighted by Gasteiger charge is -2.64. The van der Waals surface area contributed by atoms with E-state index in [9.17, 15) is 25.2 Å². The lowest BCUT2D eigenvalue weighted by atomic mass is 9.40. The summed E-state index contributed by atoms with van der Waals surface area (Å²) in [6.45, 7) is 15.6. The SMILES string of the molecule is CC(C)C1CC=C(C2CCC3(C)C4CC=C5C(C)(C)C(OC6OC(CO)C(O)C(O)C6O)CCC5(C)C4CCC23C)C(=O)O1. The Balaban J connectivity index is 1.24. The van der Waals surface area contributed by atoms with Crippen LogP contribution >= 0.6 is 0 Å². The van der Waals surface area contributed by atoms with Crippen molar-refractivity contribution in [3.05, 3.63) is 23.3 Å². The van der Waals surface area contributed by atoms with Crippen molar-refractivity contribution in [2.45, 2.75) is 143 Å². The normalized spacial score (nSPS) is 50.2. The molecule has 4 fully saturated rings. The van der Waals surface area contributed by atoms with Crippen LogP contribution in [0.4, 0.5) is 0 Å². The van der Waals surface area contributed by atoms with Gasteiger partial charge in [-0.2, -0.15) is 0 Å². The van der Waals surface area contributed by atoms with Crippen molar-refractivity contribution >= 4 is 5.97 Å². The topological polar surface area (TPSA) is 126 Å². The summed E-state index contributed by atoms with van der Waals surface area (Å²) in [6.07, 6.45) is 6.01. The summed E-state index contributed by atoms with van der Waals surface area (Å²) in [7, 11) is 0. The Morgan fingerprint density at radius 2 is 1.59 bits per heavy atom. The number of aliphatic hydroxyl groups excluding tert-OH is 4. The molecule has 0 amide bonds. The van der Waals surface area contributed by atoms with Crippen LogP contribution in [0.15, 0.2) is 23.3 Å². The number of allylic oxidation sites excluding steroid dienone is 1. The molecular formula is C36H56O8. The number of hydrogen-bond acceptors (Lipinski definition) is 8. The fourth-order valence-electron chi connectivity index (χ4n) is 11.1. The van der Waals surface area contributed by atoms with Crippen molar-refractivity contribution in [3.8, 4) is 0 Å². The standard InChI is InChI=1S/C36H56O8/c1-19(2)24-10-8-20(31(41)42-24)21-12-16-36(7)23-9-11-26-33(3,4)27(14-15-34(26,5)22(23)13-17-35(21,36)6)44-32-30(40)29(39)28(38)25(18-37)43-32/h8,11,19,21-25,27-30,32,37-40H,9-10,12-18H2,1-7H3. The molecular weight excluding hydrogens is 560 g/mol. The van der Waals surface area contributed by atoms with Crippen LogP contribution in [0.1, 0.15) is 99.8 Å². The van der Waals surface area contributed by atoms with E-state index >= 15 is 0 Å². The number of hydrogen-bond donors (Lipinski definition) is 4. The van der Waals surface area contributed by atoms with Crippen LogP contribution in [-0.4, -0.2) is 75.9 Å². The Labute approximate surface area is 263 Å². The van der Waals surface area contributed by atoms with Gasteiger partial charge in [0.15, 0.2) is 6.29 Å². The van der Waals surface area contributed by atoms with Crippen molar-refractivity contribution in [1.29, 1.82) is 0 Å². The molecule has 4 N–H and O–H groups in total. The smallest absolute Gasteiger partial charge is 0.334 e. The predicted molar refractivity (Wildman–Crippen MR) is 165 cm³/mol. The lowest BCUT2D eigenvalue weighted by Crippen LogP contribution is -2.61. The summed E-state index contributed by atoms with van der Waals surface area (Å²) in [4.78, 5) is 13.3. The van der Waals surface area contributed by atoms with Crippen LogP contribution < -0.4 is 0 Å². The second-order valence-corrected chi connectivity index (χ2v) is 16.6. The third-order valence-corrected chi connectivity index (χ3v) is 14.1. The van der Waals surface area contributed by atoms with Gasteiger partial charge in [-0.25, -0.2) is 4.79 Å². The van der Waals surface area contributed by atoms with E-state index in [0.29, 0.717) is 17.8 Å². The van der Waals surface area contributed by atoms with Gasteiger partial charge < -0.3 is 34.6 Å². The average molecular weight is 617 g/mol. The maximum Gasteiger partial charge on any atom is 0.334 e. The highest BCUT2D eigenvalue weighted by Crippen LogP contribution is 2.73. The highest BCUT2D eigenvalue weighted by atomic mass is 16.7. The minimum Gasteiger partial charge on any atom is -0.458 e. The molecule has 0 radical (unpaired) electrons. The summed E-state index contributed by atoms with van der Waals surface area (Å²) in [5.41, 5.74) is 2.18. The van der Waals surface area contributed by atoms with E-state index in [1.165, 1.54) is 5.57 Å². The zero-order valence-electron chi connectivity index (χ0n) is 27.8. The monoisotopic (exact) mass is 616 g/mol. The molecule has 1 saturated heterocycles. The van der Waals surface area contributed by atoms with Crippen molar-refractivity contribution in [3.63, 3.8) is 0 Å². The van der Waals surface area contributed by atoms with Crippen LogP contribution in [0, 0.1) is 45.3 Å². The van der Waals surface area contributed by atoms with Crippen molar-refractivity contribution < 1.29 is 39.4 Å². The van der Waals surface area contributed by atoms with E-state index < -0.39 is 37.3 Å². The first-order valence-corrected chi connectivity index (χ1v) is 17.2. The van der Waals surface area contributed by atoms with Crippen LogP contribution in [0.25, 0.3) is 0 Å². The van der Waals surface area contributed by atoms with E-state index in [1.807, 2.05) is 0 Å². The van der Waals surface area contributed by atoms with Crippen LogP contribution in [0.5, 0.6) is 0 Å². The van der Waals surface area contributed by atoms with Gasteiger partial charge in [0.05, 0.1) is 12.7 Å². The molecule has 0 bridgehead atoms. The Hall–Kier alpha value is -1.29. The quantitative estimate of drug-likeness (QED) is 0.259. The summed E-state index contributed by atoms with van der Waals surface area (Å²) in [5, 5.41) is 40.9. The van der Waals surface area contributed by atoms with Crippen LogP contribution in [0.2, 0.25) is 0 Å². The van der Waals surface area contributed by atoms with Gasteiger partial charge in [0.2, 0.25) is 0 Å². The van der Waals surface area contributed by atoms with Crippen molar-refractivity contribution in [2.24, 2.45) is 45.3 Å². The largest absolute Gasteiger partial charge is 0.458 e. The highest BCUT2D eigenvalue weighted by molar-refractivity contribution is 5.90. The first kappa shape index (κ1) is 32.6. The van der Waals surface area contributed by atoms with Crippen molar-refractivity contribution in [2.75, 3.05) is 6.61 Å². The molecule has 13 atom stereocenters. The number of ether oxygens (including phenoxy) is 3. The van der Waals surface area contributed by atoms with E-state index in [0.717, 1.165) is 56.9 Å².